The first-order valence-corrected chi connectivity index (χ1v) is 8.45. The Kier molecular flexibility index (Phi) is 4.06. The molecule has 0 atom stereocenters. The fourth-order valence-corrected chi connectivity index (χ4v) is 4.40. The van der Waals surface area contributed by atoms with Gasteiger partial charge in [-0.25, -0.2) is 13.2 Å². The first kappa shape index (κ1) is 15.5. The molecule has 0 amide bonds. The Morgan fingerprint density at radius 2 is 2.10 bits per heavy atom. The molecule has 21 heavy (non-hydrogen) atoms. The molecule has 1 saturated carbocycles. The van der Waals surface area contributed by atoms with Crippen LogP contribution in [0.4, 0.5) is 0 Å². The van der Waals surface area contributed by atoms with E-state index in [9.17, 15) is 18.3 Å². The van der Waals surface area contributed by atoms with Crippen LogP contribution in [0.25, 0.3) is 0 Å². The van der Waals surface area contributed by atoms with Crippen molar-refractivity contribution >= 4 is 15.8 Å². The minimum atomic E-state index is -3.57. The molecule has 1 fully saturated rings. The SMILES string of the molecule is CCc1ccc(S(=O)(=O)CC2(CC#N)CC2)cc1C(=O)O. The van der Waals surface area contributed by atoms with Gasteiger partial charge in [0, 0.05) is 6.42 Å². The molecule has 0 unspecified atom stereocenters. The first-order valence-electron chi connectivity index (χ1n) is 6.79. The van der Waals surface area contributed by atoms with Crippen molar-refractivity contribution in [1.29, 1.82) is 5.26 Å². The Bertz CT molecular complexity index is 712. The summed E-state index contributed by atoms with van der Waals surface area (Å²) < 4.78 is 24.9. The maximum atomic E-state index is 12.4. The van der Waals surface area contributed by atoms with Crippen LogP contribution < -0.4 is 0 Å². The van der Waals surface area contributed by atoms with E-state index in [2.05, 4.69) is 0 Å². The normalized spacial score (nSPS) is 16.2. The van der Waals surface area contributed by atoms with Crippen molar-refractivity contribution in [3.63, 3.8) is 0 Å². The number of nitriles is 1. The predicted octanol–water partition coefficient (Wildman–Crippen LogP) is 2.41. The van der Waals surface area contributed by atoms with E-state index in [4.69, 9.17) is 5.26 Å². The minimum absolute atomic E-state index is 0.0290. The molecular formula is C15H17NO4S. The highest BCUT2D eigenvalue weighted by Gasteiger charge is 2.46. The lowest BCUT2D eigenvalue weighted by Gasteiger charge is -2.13. The van der Waals surface area contributed by atoms with Crippen LogP contribution in [-0.4, -0.2) is 25.2 Å². The lowest BCUT2D eigenvalue weighted by Crippen LogP contribution is -2.18. The Morgan fingerprint density at radius 3 is 2.57 bits per heavy atom. The lowest BCUT2D eigenvalue weighted by molar-refractivity contribution is 0.0695. The Morgan fingerprint density at radius 1 is 1.43 bits per heavy atom. The zero-order valence-corrected chi connectivity index (χ0v) is 12.6. The van der Waals surface area contributed by atoms with Crippen LogP contribution in [0.1, 0.15) is 42.1 Å². The molecule has 1 N–H and O–H groups in total. The quantitative estimate of drug-likeness (QED) is 0.870. The van der Waals surface area contributed by atoms with E-state index in [1.54, 1.807) is 6.07 Å². The smallest absolute Gasteiger partial charge is 0.336 e. The van der Waals surface area contributed by atoms with E-state index in [0.717, 1.165) is 12.8 Å². The summed E-state index contributed by atoms with van der Waals surface area (Å²) in [6.45, 7) is 1.82. The van der Waals surface area contributed by atoms with Gasteiger partial charge in [0.05, 0.1) is 22.3 Å². The van der Waals surface area contributed by atoms with Crippen LogP contribution in [0.15, 0.2) is 23.1 Å². The summed E-state index contributed by atoms with van der Waals surface area (Å²) in [6.07, 6.45) is 2.22. The number of carboxylic acid groups (broad SMARTS) is 1. The highest BCUT2D eigenvalue weighted by Crippen LogP contribution is 2.50. The second kappa shape index (κ2) is 5.49. The molecule has 112 valence electrons. The molecule has 0 bridgehead atoms. The molecule has 1 aliphatic rings. The van der Waals surface area contributed by atoms with Gasteiger partial charge < -0.3 is 5.11 Å². The second-order valence-electron chi connectivity index (χ2n) is 5.57. The van der Waals surface area contributed by atoms with Crippen LogP contribution in [0.5, 0.6) is 0 Å². The average Bonchev–Trinajstić information content (AvgIpc) is 3.16. The van der Waals surface area contributed by atoms with E-state index < -0.39 is 21.2 Å². The highest BCUT2D eigenvalue weighted by molar-refractivity contribution is 7.91. The molecule has 1 aliphatic carbocycles. The molecule has 5 nitrogen and oxygen atoms in total. The summed E-state index contributed by atoms with van der Waals surface area (Å²) in [7, 11) is -3.57. The van der Waals surface area contributed by atoms with Gasteiger partial charge in [0.2, 0.25) is 0 Å². The van der Waals surface area contributed by atoms with Gasteiger partial charge in [-0.15, -0.1) is 0 Å². The number of nitrogens with zero attached hydrogens (tertiary/aromatic N) is 1. The van der Waals surface area contributed by atoms with Crippen LogP contribution in [0, 0.1) is 16.7 Å². The molecule has 1 aromatic rings. The number of sulfone groups is 1. The summed E-state index contributed by atoms with van der Waals surface area (Å²) in [5.41, 5.74) is 0.212. The molecule has 0 aromatic heterocycles. The number of aromatic carboxylic acids is 1. The minimum Gasteiger partial charge on any atom is -0.478 e. The number of benzene rings is 1. The van der Waals surface area contributed by atoms with Crippen LogP contribution in [0.3, 0.4) is 0 Å². The topological polar surface area (TPSA) is 95.2 Å². The fraction of sp³-hybridized carbons (Fsp3) is 0.467. The van der Waals surface area contributed by atoms with Gasteiger partial charge in [-0.1, -0.05) is 13.0 Å². The predicted molar refractivity (Wildman–Crippen MR) is 76.7 cm³/mol. The molecule has 0 radical (unpaired) electrons. The van der Waals surface area contributed by atoms with Crippen LogP contribution in [-0.2, 0) is 16.3 Å². The Balaban J connectivity index is 2.35. The number of hydrogen-bond acceptors (Lipinski definition) is 4. The van der Waals surface area contributed by atoms with Crippen LogP contribution >= 0.6 is 0 Å². The van der Waals surface area contributed by atoms with Crippen molar-refractivity contribution in [2.75, 3.05) is 5.75 Å². The zero-order valence-electron chi connectivity index (χ0n) is 11.8. The maximum absolute atomic E-state index is 12.4. The average molecular weight is 307 g/mol. The Hall–Kier alpha value is -1.87. The van der Waals surface area contributed by atoms with Crippen molar-refractivity contribution in [2.24, 2.45) is 5.41 Å². The van der Waals surface area contributed by atoms with Gasteiger partial charge in [-0.3, -0.25) is 0 Å². The third-order valence-corrected chi connectivity index (χ3v) is 5.92. The molecule has 0 aliphatic heterocycles. The summed E-state index contributed by atoms with van der Waals surface area (Å²) in [4.78, 5) is 11.3. The van der Waals surface area contributed by atoms with E-state index in [1.165, 1.54) is 12.1 Å². The number of aryl methyl sites for hydroxylation is 1. The molecule has 0 spiro atoms. The van der Waals surface area contributed by atoms with Crippen LogP contribution in [0.2, 0.25) is 0 Å². The third kappa shape index (κ3) is 3.24. The van der Waals surface area contributed by atoms with Gasteiger partial charge in [-0.2, -0.15) is 5.26 Å². The molecular weight excluding hydrogens is 290 g/mol. The number of carbonyl (C=O) groups is 1. The van der Waals surface area contributed by atoms with Gasteiger partial charge in [0.15, 0.2) is 9.84 Å². The van der Waals surface area contributed by atoms with Crippen molar-refractivity contribution < 1.29 is 18.3 Å². The van der Waals surface area contributed by atoms with Gasteiger partial charge in [0.1, 0.15) is 0 Å². The third-order valence-electron chi connectivity index (χ3n) is 3.96. The summed E-state index contributed by atoms with van der Waals surface area (Å²) in [6, 6.07) is 6.29. The fourth-order valence-electron chi connectivity index (χ4n) is 2.46. The van der Waals surface area contributed by atoms with Crippen molar-refractivity contribution in [2.45, 2.75) is 37.5 Å². The molecule has 2 rings (SSSR count). The van der Waals surface area contributed by atoms with E-state index in [0.29, 0.717) is 12.0 Å². The number of rotatable bonds is 6. The van der Waals surface area contributed by atoms with Gasteiger partial charge in [-0.05, 0) is 42.4 Å². The highest BCUT2D eigenvalue weighted by atomic mass is 32.2. The van der Waals surface area contributed by atoms with Crippen molar-refractivity contribution in [1.82, 2.24) is 0 Å². The molecule has 1 aromatic carbocycles. The van der Waals surface area contributed by atoms with Crippen molar-refractivity contribution in [3.05, 3.63) is 29.3 Å². The summed E-state index contributed by atoms with van der Waals surface area (Å²) in [5, 5.41) is 18.0. The molecule has 6 heteroatoms. The second-order valence-corrected chi connectivity index (χ2v) is 7.56. The largest absolute Gasteiger partial charge is 0.478 e. The van der Waals surface area contributed by atoms with Gasteiger partial charge >= 0.3 is 5.97 Å². The number of hydrogen-bond donors (Lipinski definition) is 1. The van der Waals surface area contributed by atoms with Crippen molar-refractivity contribution in [3.8, 4) is 6.07 Å². The Labute approximate surface area is 124 Å². The first-order chi connectivity index (χ1) is 9.83. The summed E-state index contributed by atoms with van der Waals surface area (Å²) >= 11 is 0. The maximum Gasteiger partial charge on any atom is 0.336 e. The standard InChI is InChI=1S/C15H17NO4S/c1-2-11-3-4-12(9-13(11)14(17)18)21(19,20)10-15(5-6-15)7-8-16/h3-4,9H,2,5-7,10H2,1H3,(H,17,18). The van der Waals surface area contributed by atoms with E-state index >= 15 is 0 Å². The van der Waals surface area contributed by atoms with E-state index in [-0.39, 0.29) is 22.6 Å². The molecule has 0 heterocycles. The lowest BCUT2D eigenvalue weighted by atomic mass is 10.1. The number of carboxylic acids is 1. The van der Waals surface area contributed by atoms with Gasteiger partial charge in [0.25, 0.3) is 0 Å². The van der Waals surface area contributed by atoms with E-state index in [1.807, 2.05) is 13.0 Å². The monoisotopic (exact) mass is 307 g/mol. The zero-order chi connectivity index (χ0) is 15.7. The summed E-state index contributed by atoms with van der Waals surface area (Å²) in [5.74, 6) is -1.21. The molecule has 0 saturated heterocycles.